The number of hydrogen-bond donors (Lipinski definition) is 0. The van der Waals surface area contributed by atoms with E-state index < -0.39 is 6.16 Å². The van der Waals surface area contributed by atoms with Crippen molar-refractivity contribution in [2.45, 2.75) is 13.3 Å². The van der Waals surface area contributed by atoms with E-state index in [1.165, 1.54) is 0 Å². The molecule has 8 heteroatoms. The molecule has 1 aliphatic rings. The van der Waals surface area contributed by atoms with Crippen molar-refractivity contribution < 1.29 is 23.9 Å². The van der Waals surface area contributed by atoms with Crippen LogP contribution in [-0.4, -0.2) is 60.6 Å². The molecule has 2 aromatic carbocycles. The molecule has 158 valence electrons. The molecule has 0 spiro atoms. The smallest absolute Gasteiger partial charge is 0.434 e. The summed E-state index contributed by atoms with van der Waals surface area (Å²) in [6, 6.07) is 13.3. The van der Waals surface area contributed by atoms with Gasteiger partial charge in [0.1, 0.15) is 5.75 Å². The van der Waals surface area contributed by atoms with Crippen LogP contribution in [0.3, 0.4) is 0 Å². The monoisotopic (exact) mass is 430 g/mol. The van der Waals surface area contributed by atoms with Crippen molar-refractivity contribution in [3.05, 3.63) is 64.7 Å². The van der Waals surface area contributed by atoms with Crippen molar-refractivity contribution in [1.29, 1.82) is 0 Å². The van der Waals surface area contributed by atoms with Crippen LogP contribution >= 0.6 is 11.6 Å². The molecule has 2 amide bonds. The Morgan fingerprint density at radius 2 is 1.53 bits per heavy atom. The Labute approximate surface area is 180 Å². The quantitative estimate of drug-likeness (QED) is 0.543. The van der Waals surface area contributed by atoms with Crippen LogP contribution in [0.2, 0.25) is 5.02 Å². The molecular formula is C22H23ClN2O5. The molecule has 3 rings (SSSR count). The number of nitrogens with zero attached hydrogens (tertiary/aromatic N) is 2. The van der Waals surface area contributed by atoms with Crippen LogP contribution < -0.4 is 4.74 Å². The van der Waals surface area contributed by atoms with E-state index in [0.717, 1.165) is 0 Å². The van der Waals surface area contributed by atoms with Crippen molar-refractivity contribution in [3.8, 4) is 5.75 Å². The molecule has 1 aliphatic heterocycles. The van der Waals surface area contributed by atoms with E-state index in [1.54, 1.807) is 65.3 Å². The lowest BCUT2D eigenvalue weighted by atomic mass is 10.2. The van der Waals surface area contributed by atoms with Crippen molar-refractivity contribution in [2.75, 3.05) is 32.8 Å². The van der Waals surface area contributed by atoms with Gasteiger partial charge in [-0.05, 0) is 49.7 Å². The Hall–Kier alpha value is -3.06. The highest BCUT2D eigenvalue weighted by atomic mass is 35.5. The Morgan fingerprint density at radius 1 is 0.900 bits per heavy atom. The maximum Gasteiger partial charge on any atom is 0.513 e. The van der Waals surface area contributed by atoms with Gasteiger partial charge in [-0.2, -0.15) is 0 Å². The van der Waals surface area contributed by atoms with Gasteiger partial charge in [-0.1, -0.05) is 23.7 Å². The zero-order valence-electron chi connectivity index (χ0n) is 16.7. The maximum absolute atomic E-state index is 12.9. The third kappa shape index (κ3) is 5.30. The molecule has 0 bridgehead atoms. The highest BCUT2D eigenvalue weighted by molar-refractivity contribution is 6.33. The van der Waals surface area contributed by atoms with Gasteiger partial charge in [0.25, 0.3) is 11.8 Å². The zero-order chi connectivity index (χ0) is 21.5. The summed E-state index contributed by atoms with van der Waals surface area (Å²) >= 11 is 6.15. The molecule has 1 heterocycles. The Morgan fingerprint density at radius 3 is 2.17 bits per heavy atom. The predicted molar refractivity (Wildman–Crippen MR) is 112 cm³/mol. The number of rotatable bonds is 4. The average Bonchev–Trinajstić information content (AvgIpc) is 3.00. The van der Waals surface area contributed by atoms with Crippen molar-refractivity contribution in [2.24, 2.45) is 0 Å². The lowest BCUT2D eigenvalue weighted by molar-refractivity contribution is 0.0718. The summed E-state index contributed by atoms with van der Waals surface area (Å²) in [6.07, 6.45) is -0.112. The van der Waals surface area contributed by atoms with E-state index in [1.807, 2.05) is 0 Å². The van der Waals surface area contributed by atoms with Crippen molar-refractivity contribution in [3.63, 3.8) is 0 Å². The average molecular weight is 431 g/mol. The second-order valence-electron chi connectivity index (χ2n) is 6.73. The minimum atomic E-state index is -0.785. The number of benzene rings is 2. The first-order valence-electron chi connectivity index (χ1n) is 9.77. The lowest BCUT2D eigenvalue weighted by Gasteiger charge is -2.22. The summed E-state index contributed by atoms with van der Waals surface area (Å²) in [5, 5.41) is 0.421. The van der Waals surface area contributed by atoms with Crippen LogP contribution in [0.25, 0.3) is 0 Å². The molecule has 7 nitrogen and oxygen atoms in total. The van der Waals surface area contributed by atoms with Gasteiger partial charge in [-0.3, -0.25) is 9.59 Å². The zero-order valence-corrected chi connectivity index (χ0v) is 17.4. The topological polar surface area (TPSA) is 76.2 Å². The van der Waals surface area contributed by atoms with Crippen LogP contribution in [0.5, 0.6) is 5.75 Å². The normalized spacial score (nSPS) is 14.1. The number of ether oxygens (including phenoxy) is 2. The number of carbonyl (C=O) groups excluding carboxylic acids is 3. The first-order chi connectivity index (χ1) is 14.5. The molecule has 1 fully saturated rings. The molecular weight excluding hydrogens is 408 g/mol. The fourth-order valence-electron chi connectivity index (χ4n) is 3.22. The molecule has 0 aromatic heterocycles. The Bertz CT molecular complexity index is 916. The van der Waals surface area contributed by atoms with E-state index in [-0.39, 0.29) is 18.4 Å². The second kappa shape index (κ2) is 10.1. The maximum atomic E-state index is 12.9. The molecule has 2 aromatic rings. The lowest BCUT2D eigenvalue weighted by Crippen LogP contribution is -2.37. The molecule has 0 N–H and O–H groups in total. The molecule has 0 unspecified atom stereocenters. The molecule has 0 atom stereocenters. The molecule has 30 heavy (non-hydrogen) atoms. The van der Waals surface area contributed by atoms with Gasteiger partial charge in [0.15, 0.2) is 0 Å². The van der Waals surface area contributed by atoms with Gasteiger partial charge in [0, 0.05) is 31.7 Å². The third-order valence-corrected chi connectivity index (χ3v) is 5.07. The van der Waals surface area contributed by atoms with Gasteiger partial charge in [-0.25, -0.2) is 4.79 Å². The minimum absolute atomic E-state index is 0.129. The molecule has 0 radical (unpaired) electrons. The SMILES string of the molecule is CCOC(=O)Oc1ccc(C(=O)N2CCCN(C(=O)c3ccccc3Cl)CC2)cc1. The van der Waals surface area contributed by atoms with E-state index in [4.69, 9.17) is 21.1 Å². The number of carbonyl (C=O) groups is 3. The van der Waals surface area contributed by atoms with E-state index >= 15 is 0 Å². The van der Waals surface area contributed by atoms with Crippen LogP contribution in [0.1, 0.15) is 34.1 Å². The minimum Gasteiger partial charge on any atom is -0.434 e. The summed E-state index contributed by atoms with van der Waals surface area (Å²) in [5.74, 6) is 0.0393. The van der Waals surface area contributed by atoms with E-state index in [9.17, 15) is 14.4 Å². The summed E-state index contributed by atoms with van der Waals surface area (Å²) in [4.78, 5) is 40.5. The summed E-state index contributed by atoms with van der Waals surface area (Å²) in [7, 11) is 0. The fraction of sp³-hybridized carbons (Fsp3) is 0.318. The van der Waals surface area contributed by atoms with Gasteiger partial charge in [0.05, 0.1) is 17.2 Å². The van der Waals surface area contributed by atoms with Crippen LogP contribution in [0.15, 0.2) is 48.5 Å². The second-order valence-corrected chi connectivity index (χ2v) is 7.13. The molecule has 1 saturated heterocycles. The largest absolute Gasteiger partial charge is 0.513 e. The van der Waals surface area contributed by atoms with E-state index in [2.05, 4.69) is 0 Å². The third-order valence-electron chi connectivity index (χ3n) is 4.74. The Kier molecular flexibility index (Phi) is 7.30. The van der Waals surface area contributed by atoms with Crippen molar-refractivity contribution >= 4 is 29.6 Å². The summed E-state index contributed by atoms with van der Waals surface area (Å²) < 4.78 is 9.73. The number of halogens is 1. The standard InChI is InChI=1S/C22H23ClN2O5/c1-2-29-22(28)30-17-10-8-16(9-11-17)20(26)24-12-5-13-25(15-14-24)21(27)18-6-3-4-7-19(18)23/h3-4,6-11H,2,5,12-15H2,1H3. The van der Waals surface area contributed by atoms with Gasteiger partial charge in [0.2, 0.25) is 0 Å². The van der Waals surface area contributed by atoms with Crippen molar-refractivity contribution in [1.82, 2.24) is 9.80 Å². The van der Waals surface area contributed by atoms with Crippen LogP contribution in [-0.2, 0) is 4.74 Å². The van der Waals surface area contributed by atoms with Gasteiger partial charge in [-0.15, -0.1) is 0 Å². The van der Waals surface area contributed by atoms with E-state index in [0.29, 0.717) is 54.5 Å². The summed E-state index contributed by atoms with van der Waals surface area (Å²) in [6.45, 7) is 3.87. The summed E-state index contributed by atoms with van der Waals surface area (Å²) in [5.41, 5.74) is 0.952. The number of amides is 2. The van der Waals surface area contributed by atoms with Crippen LogP contribution in [0.4, 0.5) is 4.79 Å². The predicted octanol–water partition coefficient (Wildman–Crippen LogP) is 3.86. The first-order valence-corrected chi connectivity index (χ1v) is 10.1. The fourth-order valence-corrected chi connectivity index (χ4v) is 3.44. The highest BCUT2D eigenvalue weighted by Gasteiger charge is 2.24. The Balaban J connectivity index is 1.61. The van der Waals surface area contributed by atoms with Crippen LogP contribution in [0, 0.1) is 0 Å². The number of hydrogen-bond acceptors (Lipinski definition) is 5. The van der Waals surface area contributed by atoms with Gasteiger partial charge >= 0.3 is 6.16 Å². The highest BCUT2D eigenvalue weighted by Crippen LogP contribution is 2.19. The van der Waals surface area contributed by atoms with Gasteiger partial charge < -0.3 is 19.3 Å². The molecule has 0 saturated carbocycles. The first kappa shape index (κ1) is 21.6. The molecule has 0 aliphatic carbocycles.